The van der Waals surface area contributed by atoms with E-state index < -0.39 is 0 Å². The molecule has 0 radical (unpaired) electrons. The first-order valence-corrected chi connectivity index (χ1v) is 8.25. The Bertz CT molecular complexity index is 593. The van der Waals surface area contributed by atoms with E-state index in [1.165, 1.54) is 5.56 Å². The molecule has 122 valence electrons. The Balaban J connectivity index is 1.75. The normalized spacial score (nSPS) is 11.7. The molecule has 0 aliphatic rings. The van der Waals surface area contributed by atoms with Crippen molar-refractivity contribution in [3.63, 3.8) is 0 Å². The fourth-order valence-electron chi connectivity index (χ4n) is 2.51. The zero-order chi connectivity index (χ0) is 16.5. The van der Waals surface area contributed by atoms with E-state index >= 15 is 0 Å². The minimum Gasteiger partial charge on any atom is -0.494 e. The third kappa shape index (κ3) is 5.78. The minimum absolute atomic E-state index is 0.00917. The second-order valence-electron chi connectivity index (χ2n) is 5.63. The predicted octanol–water partition coefficient (Wildman–Crippen LogP) is 4.29. The van der Waals surface area contributed by atoms with Crippen molar-refractivity contribution in [3.05, 3.63) is 65.7 Å². The molecular weight excluding hydrogens is 286 g/mol. The monoisotopic (exact) mass is 311 g/mol. The average Bonchev–Trinajstić information content (AvgIpc) is 2.57. The minimum atomic E-state index is 0.00917. The van der Waals surface area contributed by atoms with Crippen molar-refractivity contribution in [2.24, 2.45) is 0 Å². The molecule has 0 unspecified atom stereocenters. The molecule has 2 aromatic rings. The summed E-state index contributed by atoms with van der Waals surface area (Å²) >= 11 is 0. The highest BCUT2D eigenvalue weighted by atomic mass is 16.5. The number of hydrogen-bond donors (Lipinski definition) is 1. The Morgan fingerprint density at radius 3 is 2.43 bits per heavy atom. The zero-order valence-corrected chi connectivity index (χ0v) is 13.9. The summed E-state index contributed by atoms with van der Waals surface area (Å²) in [6.07, 6.45) is 2.35. The molecule has 0 saturated heterocycles. The third-order valence-corrected chi connectivity index (χ3v) is 3.78. The maximum atomic E-state index is 12.1. The lowest BCUT2D eigenvalue weighted by molar-refractivity contribution is -0.121. The van der Waals surface area contributed by atoms with Crippen LogP contribution in [-0.2, 0) is 11.2 Å². The topological polar surface area (TPSA) is 38.3 Å². The molecule has 0 saturated carbocycles. The fourth-order valence-corrected chi connectivity index (χ4v) is 2.51. The van der Waals surface area contributed by atoms with Crippen molar-refractivity contribution in [2.45, 2.75) is 39.2 Å². The average molecular weight is 311 g/mol. The van der Waals surface area contributed by atoms with Gasteiger partial charge in [-0.1, -0.05) is 42.5 Å². The van der Waals surface area contributed by atoms with E-state index in [-0.39, 0.29) is 11.9 Å². The van der Waals surface area contributed by atoms with Crippen LogP contribution in [0.3, 0.4) is 0 Å². The van der Waals surface area contributed by atoms with Gasteiger partial charge < -0.3 is 10.1 Å². The van der Waals surface area contributed by atoms with E-state index in [0.717, 1.165) is 24.2 Å². The van der Waals surface area contributed by atoms with E-state index in [0.29, 0.717) is 13.0 Å². The van der Waals surface area contributed by atoms with Gasteiger partial charge >= 0.3 is 0 Å². The van der Waals surface area contributed by atoms with Crippen molar-refractivity contribution in [1.29, 1.82) is 0 Å². The summed E-state index contributed by atoms with van der Waals surface area (Å²) in [4.78, 5) is 12.1. The van der Waals surface area contributed by atoms with Crippen molar-refractivity contribution in [2.75, 3.05) is 6.61 Å². The zero-order valence-electron chi connectivity index (χ0n) is 13.9. The van der Waals surface area contributed by atoms with Crippen LogP contribution < -0.4 is 10.1 Å². The number of ether oxygens (including phenoxy) is 1. The SMILES string of the molecule is CCOc1ccc([C@@H](C)NC(=O)CCCc2ccccc2)cc1. The van der Waals surface area contributed by atoms with E-state index in [1.54, 1.807) is 0 Å². The Labute approximate surface area is 138 Å². The molecule has 1 N–H and O–H groups in total. The first kappa shape index (κ1) is 17.1. The van der Waals surface area contributed by atoms with Crippen LogP contribution in [0.4, 0.5) is 0 Å². The Kier molecular flexibility index (Phi) is 6.67. The van der Waals surface area contributed by atoms with Crippen LogP contribution in [0, 0.1) is 0 Å². The number of rotatable bonds is 8. The molecule has 0 bridgehead atoms. The lowest BCUT2D eigenvalue weighted by atomic mass is 10.1. The van der Waals surface area contributed by atoms with Crippen molar-refractivity contribution in [1.82, 2.24) is 5.32 Å². The highest BCUT2D eigenvalue weighted by Crippen LogP contribution is 2.18. The summed E-state index contributed by atoms with van der Waals surface area (Å²) in [7, 11) is 0. The van der Waals surface area contributed by atoms with Crippen LogP contribution in [0.15, 0.2) is 54.6 Å². The maximum absolute atomic E-state index is 12.1. The van der Waals surface area contributed by atoms with Gasteiger partial charge in [0, 0.05) is 6.42 Å². The van der Waals surface area contributed by atoms with Crippen LogP contribution in [0.2, 0.25) is 0 Å². The van der Waals surface area contributed by atoms with Gasteiger partial charge in [-0.15, -0.1) is 0 Å². The molecule has 23 heavy (non-hydrogen) atoms. The van der Waals surface area contributed by atoms with Crippen LogP contribution in [0.1, 0.15) is 43.9 Å². The Morgan fingerprint density at radius 2 is 1.78 bits per heavy atom. The van der Waals surface area contributed by atoms with Gasteiger partial charge in [0.25, 0.3) is 0 Å². The summed E-state index contributed by atoms with van der Waals surface area (Å²) in [5, 5.41) is 3.05. The van der Waals surface area contributed by atoms with E-state index in [4.69, 9.17) is 4.74 Å². The largest absolute Gasteiger partial charge is 0.494 e. The van der Waals surface area contributed by atoms with Gasteiger partial charge in [-0.2, -0.15) is 0 Å². The quantitative estimate of drug-likeness (QED) is 0.790. The van der Waals surface area contributed by atoms with Gasteiger partial charge in [-0.3, -0.25) is 4.79 Å². The molecule has 2 aromatic carbocycles. The van der Waals surface area contributed by atoms with Gasteiger partial charge in [0.2, 0.25) is 5.91 Å². The fraction of sp³-hybridized carbons (Fsp3) is 0.350. The van der Waals surface area contributed by atoms with Gasteiger partial charge in [-0.25, -0.2) is 0 Å². The van der Waals surface area contributed by atoms with Gasteiger partial charge in [0.05, 0.1) is 12.6 Å². The molecule has 0 aliphatic heterocycles. The highest BCUT2D eigenvalue weighted by Gasteiger charge is 2.09. The molecule has 3 nitrogen and oxygen atoms in total. The Morgan fingerprint density at radius 1 is 1.09 bits per heavy atom. The first-order valence-electron chi connectivity index (χ1n) is 8.25. The van der Waals surface area contributed by atoms with E-state index in [2.05, 4.69) is 17.4 Å². The molecule has 1 amide bonds. The third-order valence-electron chi connectivity index (χ3n) is 3.78. The molecule has 0 fully saturated rings. The molecule has 0 heterocycles. The van der Waals surface area contributed by atoms with Crippen LogP contribution >= 0.6 is 0 Å². The second-order valence-corrected chi connectivity index (χ2v) is 5.63. The second kappa shape index (κ2) is 8.99. The standard InChI is InChI=1S/C20H25NO2/c1-3-23-19-14-12-18(13-15-19)16(2)21-20(22)11-7-10-17-8-5-4-6-9-17/h4-6,8-9,12-16H,3,7,10-11H2,1-2H3,(H,21,22)/t16-/m1/s1. The summed E-state index contributed by atoms with van der Waals surface area (Å²) in [5.41, 5.74) is 2.37. The molecule has 3 heteroatoms. The van der Waals surface area contributed by atoms with Crippen LogP contribution in [-0.4, -0.2) is 12.5 Å². The number of amides is 1. The molecule has 0 spiro atoms. The highest BCUT2D eigenvalue weighted by molar-refractivity contribution is 5.76. The number of nitrogens with one attached hydrogen (secondary N) is 1. The van der Waals surface area contributed by atoms with Crippen molar-refractivity contribution < 1.29 is 9.53 Å². The molecule has 2 rings (SSSR count). The van der Waals surface area contributed by atoms with Gasteiger partial charge in [0.15, 0.2) is 0 Å². The number of carbonyl (C=O) groups excluding carboxylic acids is 1. The number of hydrogen-bond acceptors (Lipinski definition) is 2. The summed E-state index contributed by atoms with van der Waals surface area (Å²) in [6, 6.07) is 18.2. The maximum Gasteiger partial charge on any atom is 0.220 e. The number of carbonyl (C=O) groups is 1. The van der Waals surface area contributed by atoms with Crippen molar-refractivity contribution >= 4 is 5.91 Å². The smallest absolute Gasteiger partial charge is 0.220 e. The van der Waals surface area contributed by atoms with Gasteiger partial charge in [-0.05, 0) is 49.9 Å². The van der Waals surface area contributed by atoms with Crippen LogP contribution in [0.5, 0.6) is 5.75 Å². The van der Waals surface area contributed by atoms with Crippen LogP contribution in [0.25, 0.3) is 0 Å². The summed E-state index contributed by atoms with van der Waals surface area (Å²) in [5.74, 6) is 0.958. The number of aryl methyl sites for hydroxylation is 1. The van der Waals surface area contributed by atoms with E-state index in [1.807, 2.05) is 56.3 Å². The molecule has 1 atom stereocenters. The van der Waals surface area contributed by atoms with Gasteiger partial charge in [0.1, 0.15) is 5.75 Å². The molecule has 0 aromatic heterocycles. The number of benzene rings is 2. The lowest BCUT2D eigenvalue weighted by Gasteiger charge is -2.15. The summed E-state index contributed by atoms with van der Waals surface area (Å²) in [6.45, 7) is 4.63. The molecular formula is C20H25NO2. The molecule has 0 aliphatic carbocycles. The predicted molar refractivity (Wildman–Crippen MR) is 93.5 cm³/mol. The Hall–Kier alpha value is -2.29. The first-order chi connectivity index (χ1) is 11.2. The lowest BCUT2D eigenvalue weighted by Crippen LogP contribution is -2.26. The van der Waals surface area contributed by atoms with E-state index in [9.17, 15) is 4.79 Å². The van der Waals surface area contributed by atoms with Crippen molar-refractivity contribution in [3.8, 4) is 5.75 Å². The summed E-state index contributed by atoms with van der Waals surface area (Å²) < 4.78 is 5.43.